The lowest BCUT2D eigenvalue weighted by molar-refractivity contribution is -0.123. The fraction of sp³-hybridized carbons (Fsp3) is 0.167. The predicted molar refractivity (Wildman–Crippen MR) is 91.9 cm³/mol. The zero-order chi connectivity index (χ0) is 20.5. The summed E-state index contributed by atoms with van der Waals surface area (Å²) in [6.07, 6.45) is 0. The van der Waals surface area contributed by atoms with E-state index in [1.54, 1.807) is 12.1 Å². The molecule has 0 aliphatic heterocycles. The number of rotatable bonds is 7. The standard InChI is InChI=1S/C18H15F2N3O5/c1-26-15-8-11(6-7-14(15)28-18(19)20)17(25)23-22-16(24)10-27-13-5-3-2-4-12(13)9-21/h2-8,18H,10H2,1H3,(H,22,24)(H,23,25). The molecule has 0 fully saturated rings. The molecule has 0 saturated carbocycles. The van der Waals surface area contributed by atoms with Gasteiger partial charge in [0.1, 0.15) is 11.8 Å². The minimum Gasteiger partial charge on any atom is -0.493 e. The summed E-state index contributed by atoms with van der Waals surface area (Å²) in [5.74, 6) is -1.47. The molecule has 0 saturated heterocycles. The van der Waals surface area contributed by atoms with Gasteiger partial charge in [0.2, 0.25) is 0 Å². The maximum atomic E-state index is 12.3. The number of para-hydroxylation sites is 1. The molecule has 2 aromatic rings. The Morgan fingerprint density at radius 1 is 1.11 bits per heavy atom. The highest BCUT2D eigenvalue weighted by Crippen LogP contribution is 2.29. The van der Waals surface area contributed by atoms with Crippen molar-refractivity contribution >= 4 is 11.8 Å². The number of ether oxygens (including phenoxy) is 3. The third kappa shape index (κ3) is 5.57. The van der Waals surface area contributed by atoms with Crippen LogP contribution in [0.2, 0.25) is 0 Å². The normalized spacial score (nSPS) is 9.96. The Morgan fingerprint density at radius 2 is 1.86 bits per heavy atom. The average molecular weight is 391 g/mol. The monoisotopic (exact) mass is 391 g/mol. The van der Waals surface area contributed by atoms with Crippen LogP contribution in [0.25, 0.3) is 0 Å². The Morgan fingerprint density at radius 3 is 2.54 bits per heavy atom. The van der Waals surface area contributed by atoms with Crippen molar-refractivity contribution in [2.45, 2.75) is 6.61 Å². The van der Waals surface area contributed by atoms with E-state index in [0.717, 1.165) is 6.07 Å². The molecule has 146 valence electrons. The van der Waals surface area contributed by atoms with Gasteiger partial charge in [0.05, 0.1) is 12.7 Å². The molecule has 0 aliphatic rings. The van der Waals surface area contributed by atoms with Gasteiger partial charge in [-0.15, -0.1) is 0 Å². The van der Waals surface area contributed by atoms with Crippen LogP contribution >= 0.6 is 0 Å². The van der Waals surface area contributed by atoms with Crippen LogP contribution in [-0.4, -0.2) is 32.1 Å². The highest BCUT2D eigenvalue weighted by molar-refractivity contribution is 5.96. The largest absolute Gasteiger partial charge is 0.493 e. The van der Waals surface area contributed by atoms with Crippen LogP contribution in [0.4, 0.5) is 8.78 Å². The number of methoxy groups -OCH3 is 1. The first-order valence-corrected chi connectivity index (χ1v) is 7.78. The lowest BCUT2D eigenvalue weighted by Crippen LogP contribution is -2.43. The summed E-state index contributed by atoms with van der Waals surface area (Å²) in [5.41, 5.74) is 4.58. The first-order chi connectivity index (χ1) is 13.4. The van der Waals surface area contributed by atoms with Crippen molar-refractivity contribution in [2.24, 2.45) is 0 Å². The zero-order valence-electron chi connectivity index (χ0n) is 14.6. The molecule has 0 atom stereocenters. The van der Waals surface area contributed by atoms with Crippen molar-refractivity contribution in [3.8, 4) is 23.3 Å². The van der Waals surface area contributed by atoms with Gasteiger partial charge in [-0.25, -0.2) is 0 Å². The molecule has 8 nitrogen and oxygen atoms in total. The van der Waals surface area contributed by atoms with Crippen LogP contribution in [0.15, 0.2) is 42.5 Å². The van der Waals surface area contributed by atoms with Crippen LogP contribution in [0.3, 0.4) is 0 Å². The van der Waals surface area contributed by atoms with Crippen molar-refractivity contribution in [3.05, 3.63) is 53.6 Å². The highest BCUT2D eigenvalue weighted by Gasteiger charge is 2.15. The maximum Gasteiger partial charge on any atom is 0.387 e. The molecule has 2 amide bonds. The van der Waals surface area contributed by atoms with Gasteiger partial charge >= 0.3 is 6.61 Å². The number of hydrogen-bond donors (Lipinski definition) is 2. The zero-order valence-corrected chi connectivity index (χ0v) is 14.6. The Kier molecular flexibility index (Phi) is 7.10. The second kappa shape index (κ2) is 9.72. The second-order valence-electron chi connectivity index (χ2n) is 5.14. The van der Waals surface area contributed by atoms with E-state index in [4.69, 9.17) is 14.7 Å². The van der Waals surface area contributed by atoms with Gasteiger partial charge in [0, 0.05) is 5.56 Å². The number of hydrogen-bond acceptors (Lipinski definition) is 6. The summed E-state index contributed by atoms with van der Waals surface area (Å²) >= 11 is 0. The molecule has 0 unspecified atom stereocenters. The Labute approximate surface area is 158 Å². The fourth-order valence-electron chi connectivity index (χ4n) is 2.07. The number of carbonyl (C=O) groups excluding carboxylic acids is 2. The predicted octanol–water partition coefficient (Wildman–Crippen LogP) is 2.01. The molecule has 0 aromatic heterocycles. The molecule has 0 aliphatic carbocycles. The number of nitriles is 1. The molecular formula is C18H15F2N3O5. The average Bonchev–Trinajstić information content (AvgIpc) is 2.70. The second-order valence-corrected chi connectivity index (χ2v) is 5.14. The minimum atomic E-state index is -3.04. The third-order valence-electron chi connectivity index (χ3n) is 3.32. The van der Waals surface area contributed by atoms with E-state index in [9.17, 15) is 18.4 Å². The topological polar surface area (TPSA) is 110 Å². The fourth-order valence-corrected chi connectivity index (χ4v) is 2.07. The van der Waals surface area contributed by atoms with Gasteiger partial charge in [-0.1, -0.05) is 12.1 Å². The summed E-state index contributed by atoms with van der Waals surface area (Å²) in [6, 6.07) is 11.8. The van der Waals surface area contributed by atoms with E-state index >= 15 is 0 Å². The first kappa shape index (κ1) is 20.4. The van der Waals surface area contributed by atoms with Crippen LogP contribution in [0.1, 0.15) is 15.9 Å². The molecule has 0 heterocycles. The Bertz CT molecular complexity index is 899. The van der Waals surface area contributed by atoms with E-state index in [-0.39, 0.29) is 28.4 Å². The van der Waals surface area contributed by atoms with Crippen LogP contribution in [0.5, 0.6) is 17.2 Å². The molecule has 0 bridgehead atoms. The van der Waals surface area contributed by atoms with Gasteiger partial charge in [-0.05, 0) is 30.3 Å². The SMILES string of the molecule is COc1cc(C(=O)NNC(=O)COc2ccccc2C#N)ccc1OC(F)F. The minimum absolute atomic E-state index is 0.0366. The third-order valence-corrected chi connectivity index (χ3v) is 3.32. The highest BCUT2D eigenvalue weighted by atomic mass is 19.3. The van der Waals surface area contributed by atoms with E-state index in [1.165, 1.54) is 31.4 Å². The summed E-state index contributed by atoms with van der Waals surface area (Å²) < 4.78 is 39.0. The van der Waals surface area contributed by atoms with Crippen LogP contribution < -0.4 is 25.1 Å². The Hall–Kier alpha value is -3.87. The summed E-state index contributed by atoms with van der Waals surface area (Å²) in [5, 5.41) is 8.95. The van der Waals surface area contributed by atoms with Crippen molar-refractivity contribution in [3.63, 3.8) is 0 Å². The van der Waals surface area contributed by atoms with Crippen LogP contribution in [0, 0.1) is 11.3 Å². The number of nitrogens with one attached hydrogen (secondary N) is 2. The smallest absolute Gasteiger partial charge is 0.387 e. The molecule has 2 aromatic carbocycles. The number of hydrazine groups is 1. The van der Waals surface area contributed by atoms with Crippen molar-refractivity contribution in [2.75, 3.05) is 13.7 Å². The van der Waals surface area contributed by atoms with Gasteiger partial charge in [-0.3, -0.25) is 20.4 Å². The van der Waals surface area contributed by atoms with Crippen molar-refractivity contribution in [1.29, 1.82) is 5.26 Å². The number of amides is 2. The summed E-state index contributed by atoms with van der Waals surface area (Å²) in [7, 11) is 1.23. The quantitative estimate of drug-likeness (QED) is 0.699. The van der Waals surface area contributed by atoms with E-state index in [0.29, 0.717) is 0 Å². The van der Waals surface area contributed by atoms with Gasteiger partial charge < -0.3 is 14.2 Å². The number of carbonyl (C=O) groups is 2. The molecule has 28 heavy (non-hydrogen) atoms. The molecule has 10 heteroatoms. The maximum absolute atomic E-state index is 12.3. The summed E-state index contributed by atoms with van der Waals surface area (Å²) in [6.45, 7) is -3.48. The van der Waals surface area contributed by atoms with Crippen molar-refractivity contribution < 1.29 is 32.6 Å². The molecule has 2 rings (SSSR count). The molecular weight excluding hydrogens is 376 g/mol. The van der Waals surface area contributed by atoms with Gasteiger partial charge in [0.15, 0.2) is 18.1 Å². The van der Waals surface area contributed by atoms with Gasteiger partial charge in [0.25, 0.3) is 11.8 Å². The van der Waals surface area contributed by atoms with Crippen LogP contribution in [-0.2, 0) is 4.79 Å². The van der Waals surface area contributed by atoms with E-state index in [1.807, 2.05) is 6.07 Å². The Balaban J connectivity index is 1.91. The number of alkyl halides is 2. The lowest BCUT2D eigenvalue weighted by Gasteiger charge is -2.12. The molecule has 2 N–H and O–H groups in total. The molecule has 0 radical (unpaired) electrons. The number of benzene rings is 2. The van der Waals surface area contributed by atoms with Gasteiger partial charge in [-0.2, -0.15) is 14.0 Å². The van der Waals surface area contributed by atoms with E-state index < -0.39 is 25.0 Å². The van der Waals surface area contributed by atoms with E-state index in [2.05, 4.69) is 15.6 Å². The first-order valence-electron chi connectivity index (χ1n) is 7.78. The molecule has 0 spiro atoms. The summed E-state index contributed by atoms with van der Waals surface area (Å²) in [4.78, 5) is 23.9. The lowest BCUT2D eigenvalue weighted by atomic mass is 10.2. The van der Waals surface area contributed by atoms with Crippen molar-refractivity contribution in [1.82, 2.24) is 10.9 Å². The number of nitrogens with zero attached hydrogens (tertiary/aromatic N) is 1. The number of halogens is 2.